The Morgan fingerprint density at radius 3 is 2.36 bits per heavy atom. The monoisotopic (exact) mass is 510 g/mol. The first-order valence-electron chi connectivity index (χ1n) is 12.0. The molecule has 3 aromatic rings. The molecular formula is C27H27FN2O5S. The minimum Gasteiger partial charge on any atom is -0.489 e. The van der Waals surface area contributed by atoms with E-state index < -0.39 is 21.7 Å². The van der Waals surface area contributed by atoms with Crippen LogP contribution in [-0.4, -0.2) is 31.7 Å². The van der Waals surface area contributed by atoms with Crippen molar-refractivity contribution >= 4 is 15.9 Å². The van der Waals surface area contributed by atoms with Gasteiger partial charge in [-0.05, 0) is 79.0 Å². The van der Waals surface area contributed by atoms with Crippen LogP contribution in [-0.2, 0) is 16.6 Å². The van der Waals surface area contributed by atoms with Gasteiger partial charge in [-0.1, -0.05) is 12.1 Å². The summed E-state index contributed by atoms with van der Waals surface area (Å²) in [4.78, 5) is 16.6. The van der Waals surface area contributed by atoms with Crippen molar-refractivity contribution < 1.29 is 27.1 Å². The van der Waals surface area contributed by atoms with E-state index in [9.17, 15) is 17.6 Å². The molecule has 0 bridgehead atoms. The average molecular weight is 511 g/mol. The van der Waals surface area contributed by atoms with E-state index in [2.05, 4.69) is 9.71 Å². The molecule has 2 saturated carbocycles. The van der Waals surface area contributed by atoms with Gasteiger partial charge in [0.05, 0.1) is 12.4 Å². The number of carbonyl (C=O) groups excluding carboxylic acids is 1. The standard InChI is InChI=1S/C27H27FN2O5S/c28-24-11-23(22-9-10-26(29-14-22)35-16-18-1-2-18)12-25(13-24)34-15-19-5-7-21(8-6-19)27(31)30-36(32,33)17-20-3-4-20/h5-14,18,20H,1-4,15-17H2,(H,30,31). The molecule has 5 rings (SSSR count). The molecule has 1 N–H and O–H groups in total. The van der Waals surface area contributed by atoms with Crippen LogP contribution in [0.25, 0.3) is 11.1 Å². The summed E-state index contributed by atoms with van der Waals surface area (Å²) in [6.45, 7) is 0.826. The fraction of sp³-hybridized carbons (Fsp3) is 0.333. The lowest BCUT2D eigenvalue weighted by atomic mass is 10.1. The van der Waals surface area contributed by atoms with Gasteiger partial charge >= 0.3 is 0 Å². The van der Waals surface area contributed by atoms with Crippen LogP contribution in [0, 0.1) is 17.7 Å². The van der Waals surface area contributed by atoms with Crippen LogP contribution in [0.5, 0.6) is 11.6 Å². The minimum atomic E-state index is -3.63. The Bertz CT molecular complexity index is 1340. The number of benzene rings is 2. The normalized spacial score (nSPS) is 15.4. The number of sulfonamides is 1. The molecule has 9 heteroatoms. The lowest BCUT2D eigenvalue weighted by Gasteiger charge is -2.10. The Balaban J connectivity index is 1.18. The molecule has 1 heterocycles. The summed E-state index contributed by atoms with van der Waals surface area (Å²) in [6.07, 6.45) is 5.82. The van der Waals surface area contributed by atoms with Crippen LogP contribution in [0.15, 0.2) is 60.8 Å². The molecule has 0 radical (unpaired) electrons. The van der Waals surface area contributed by atoms with E-state index in [0.29, 0.717) is 29.7 Å². The number of rotatable bonds is 11. The zero-order valence-electron chi connectivity index (χ0n) is 19.7. The Hall–Kier alpha value is -3.46. The summed E-state index contributed by atoms with van der Waals surface area (Å²) >= 11 is 0. The van der Waals surface area contributed by atoms with Gasteiger partial charge in [-0.25, -0.2) is 22.5 Å². The van der Waals surface area contributed by atoms with E-state index in [1.807, 2.05) is 6.07 Å². The smallest absolute Gasteiger partial charge is 0.264 e. The van der Waals surface area contributed by atoms with Crippen LogP contribution in [0.4, 0.5) is 4.39 Å². The molecule has 2 aromatic carbocycles. The van der Waals surface area contributed by atoms with Gasteiger partial charge in [-0.3, -0.25) is 4.79 Å². The summed E-state index contributed by atoms with van der Waals surface area (Å²) in [5.74, 6) is 0.583. The highest BCUT2D eigenvalue weighted by Crippen LogP contribution is 2.31. The van der Waals surface area contributed by atoms with Crippen LogP contribution >= 0.6 is 0 Å². The van der Waals surface area contributed by atoms with E-state index in [0.717, 1.165) is 24.0 Å². The van der Waals surface area contributed by atoms with Gasteiger partial charge in [-0.2, -0.15) is 0 Å². The number of nitrogens with one attached hydrogen (secondary N) is 1. The van der Waals surface area contributed by atoms with Gasteiger partial charge < -0.3 is 9.47 Å². The van der Waals surface area contributed by atoms with Crippen molar-refractivity contribution in [2.45, 2.75) is 32.3 Å². The number of hydrogen-bond acceptors (Lipinski definition) is 6. The molecule has 7 nitrogen and oxygen atoms in total. The summed E-state index contributed by atoms with van der Waals surface area (Å²) in [7, 11) is -3.63. The van der Waals surface area contributed by atoms with Gasteiger partial charge in [0, 0.05) is 29.5 Å². The minimum absolute atomic E-state index is 0.0192. The van der Waals surface area contributed by atoms with E-state index in [1.165, 1.54) is 37.1 Å². The Kier molecular flexibility index (Phi) is 6.91. The number of ether oxygens (including phenoxy) is 2. The van der Waals surface area contributed by atoms with Crippen molar-refractivity contribution in [2.24, 2.45) is 11.8 Å². The van der Waals surface area contributed by atoms with E-state index in [4.69, 9.17) is 9.47 Å². The number of aromatic nitrogens is 1. The van der Waals surface area contributed by atoms with E-state index >= 15 is 0 Å². The number of pyridine rings is 1. The first-order valence-corrected chi connectivity index (χ1v) is 13.6. The quantitative estimate of drug-likeness (QED) is 0.401. The third kappa shape index (κ3) is 6.81. The molecular weight excluding hydrogens is 483 g/mol. The number of carbonyl (C=O) groups is 1. The molecule has 0 unspecified atom stereocenters. The molecule has 0 spiro atoms. The molecule has 1 amide bonds. The predicted molar refractivity (Wildman–Crippen MR) is 133 cm³/mol. The molecule has 2 fully saturated rings. The van der Waals surface area contributed by atoms with Crippen molar-refractivity contribution in [3.63, 3.8) is 0 Å². The van der Waals surface area contributed by atoms with Crippen molar-refractivity contribution in [2.75, 3.05) is 12.4 Å². The number of hydrogen-bond donors (Lipinski definition) is 1. The molecule has 2 aliphatic rings. The highest BCUT2D eigenvalue weighted by Gasteiger charge is 2.29. The second-order valence-corrected chi connectivity index (χ2v) is 11.2. The van der Waals surface area contributed by atoms with Crippen molar-refractivity contribution in [3.8, 4) is 22.8 Å². The van der Waals surface area contributed by atoms with Crippen molar-refractivity contribution in [3.05, 3.63) is 77.7 Å². The second kappa shape index (κ2) is 10.3. The Morgan fingerprint density at radius 2 is 1.69 bits per heavy atom. The van der Waals surface area contributed by atoms with Crippen LogP contribution in [0.3, 0.4) is 0 Å². The molecule has 2 aliphatic carbocycles. The molecule has 36 heavy (non-hydrogen) atoms. The van der Waals surface area contributed by atoms with Gasteiger partial charge in [0.25, 0.3) is 5.91 Å². The number of amides is 1. The van der Waals surface area contributed by atoms with Crippen LogP contribution in [0.1, 0.15) is 41.6 Å². The molecule has 0 atom stereocenters. The first-order chi connectivity index (χ1) is 17.3. The zero-order valence-corrected chi connectivity index (χ0v) is 20.5. The molecule has 1 aromatic heterocycles. The third-order valence-electron chi connectivity index (χ3n) is 6.13. The highest BCUT2D eigenvalue weighted by molar-refractivity contribution is 7.90. The Morgan fingerprint density at radius 1 is 0.944 bits per heavy atom. The topological polar surface area (TPSA) is 94.6 Å². The maximum Gasteiger partial charge on any atom is 0.264 e. The van der Waals surface area contributed by atoms with Crippen LogP contribution < -0.4 is 14.2 Å². The lowest BCUT2D eigenvalue weighted by Crippen LogP contribution is -2.33. The largest absolute Gasteiger partial charge is 0.489 e. The van der Waals surface area contributed by atoms with Gasteiger partial charge in [-0.15, -0.1) is 0 Å². The summed E-state index contributed by atoms with van der Waals surface area (Å²) in [5.41, 5.74) is 2.36. The summed E-state index contributed by atoms with van der Waals surface area (Å²) in [6, 6.07) is 14.5. The predicted octanol–water partition coefficient (Wildman–Crippen LogP) is 4.73. The Labute approximate surface area is 209 Å². The second-order valence-electron chi connectivity index (χ2n) is 9.46. The molecule has 0 saturated heterocycles. The maximum absolute atomic E-state index is 14.3. The van der Waals surface area contributed by atoms with Gasteiger partial charge in [0.1, 0.15) is 18.2 Å². The fourth-order valence-electron chi connectivity index (χ4n) is 3.69. The lowest BCUT2D eigenvalue weighted by molar-refractivity contribution is 0.0981. The first kappa shape index (κ1) is 24.2. The number of halogens is 1. The van der Waals surface area contributed by atoms with Crippen LogP contribution in [0.2, 0.25) is 0 Å². The molecule has 0 aliphatic heterocycles. The van der Waals surface area contributed by atoms with Crippen molar-refractivity contribution in [1.29, 1.82) is 0 Å². The number of nitrogens with zero attached hydrogens (tertiary/aromatic N) is 1. The maximum atomic E-state index is 14.3. The fourth-order valence-corrected chi connectivity index (χ4v) is 5.13. The average Bonchev–Trinajstić information content (AvgIpc) is 3.78. The van der Waals surface area contributed by atoms with E-state index in [-0.39, 0.29) is 23.8 Å². The third-order valence-corrected chi connectivity index (χ3v) is 7.53. The van der Waals surface area contributed by atoms with Gasteiger partial charge in [0.2, 0.25) is 15.9 Å². The summed E-state index contributed by atoms with van der Waals surface area (Å²) in [5, 5.41) is 0. The summed E-state index contributed by atoms with van der Waals surface area (Å²) < 4.78 is 51.9. The van der Waals surface area contributed by atoms with Gasteiger partial charge in [0.15, 0.2) is 0 Å². The highest BCUT2D eigenvalue weighted by atomic mass is 32.2. The zero-order chi connectivity index (χ0) is 25.1. The SMILES string of the molecule is O=C(NS(=O)(=O)CC1CC1)c1ccc(COc2cc(F)cc(-c3ccc(OCC4CC4)nc3)c2)cc1. The van der Waals surface area contributed by atoms with E-state index in [1.54, 1.807) is 30.5 Å². The van der Waals surface area contributed by atoms with Crippen molar-refractivity contribution in [1.82, 2.24) is 9.71 Å². The molecule has 188 valence electrons.